The lowest BCUT2D eigenvalue weighted by Crippen LogP contribution is -2.35. The smallest absolute Gasteiger partial charge is 0.169 e. The summed E-state index contributed by atoms with van der Waals surface area (Å²) in [5.74, 6) is 1.22. The fourth-order valence-electron chi connectivity index (χ4n) is 1.38. The maximum atomic E-state index is 11.1. The van der Waals surface area contributed by atoms with Gasteiger partial charge in [0.1, 0.15) is 0 Å². The molecule has 1 aliphatic heterocycles. The molecule has 0 aromatic carbocycles. The topological polar surface area (TPSA) is 29.1 Å². The van der Waals surface area contributed by atoms with Crippen LogP contribution in [0, 0.1) is 0 Å². The maximum Gasteiger partial charge on any atom is 0.169 e. The molecule has 1 saturated heterocycles. The Bertz CT molecular complexity index is 190. The van der Waals surface area contributed by atoms with E-state index < -0.39 is 0 Å². The average molecular weight is 155 g/mol. The summed E-state index contributed by atoms with van der Waals surface area (Å²) in [6.45, 7) is 0. The Hall–Kier alpha value is -0.280. The Labute approximate surface area is 64.1 Å². The van der Waals surface area contributed by atoms with Gasteiger partial charge in [-0.2, -0.15) is 0 Å². The molecule has 0 saturated carbocycles. The van der Waals surface area contributed by atoms with Crippen LogP contribution in [0.15, 0.2) is 12.2 Å². The molecule has 1 fully saturated rings. The van der Waals surface area contributed by atoms with Crippen LogP contribution in [0.2, 0.25) is 0 Å². The zero-order valence-corrected chi connectivity index (χ0v) is 6.36. The summed E-state index contributed by atoms with van der Waals surface area (Å²) in [7, 11) is 0. The summed E-state index contributed by atoms with van der Waals surface area (Å²) in [5.41, 5.74) is 0. The highest BCUT2D eigenvalue weighted by molar-refractivity contribution is 8.00. The lowest BCUT2D eigenvalue weighted by molar-refractivity contribution is -0.114. The minimum Gasteiger partial charge on any atom is -0.303 e. The van der Waals surface area contributed by atoms with E-state index in [1.54, 1.807) is 17.8 Å². The van der Waals surface area contributed by atoms with Crippen LogP contribution in [-0.2, 0) is 4.79 Å². The molecule has 1 aliphatic carbocycles. The van der Waals surface area contributed by atoms with Crippen molar-refractivity contribution in [3.63, 3.8) is 0 Å². The first-order chi connectivity index (χ1) is 4.88. The number of hydrogen-bond donors (Lipinski definition) is 1. The van der Waals surface area contributed by atoms with Crippen molar-refractivity contribution in [2.75, 3.05) is 5.88 Å². The third-order valence-electron chi connectivity index (χ3n) is 1.93. The molecule has 2 unspecified atom stereocenters. The molecule has 2 atom stereocenters. The summed E-state index contributed by atoms with van der Waals surface area (Å²) in [5, 5.41) is 3.49. The van der Waals surface area contributed by atoms with Gasteiger partial charge in [-0.05, 0) is 12.5 Å². The van der Waals surface area contributed by atoms with Crippen molar-refractivity contribution in [2.45, 2.75) is 17.7 Å². The predicted molar refractivity (Wildman–Crippen MR) is 41.9 cm³/mol. The number of allylic oxidation sites excluding steroid dienone is 1. The average Bonchev–Trinajstić information content (AvgIpc) is 2.36. The van der Waals surface area contributed by atoms with Gasteiger partial charge in [-0.25, -0.2) is 0 Å². The number of fused-ring (bicyclic) bond motifs is 1. The summed E-state index contributed by atoms with van der Waals surface area (Å²) in [6, 6.07) is 0.419. The van der Waals surface area contributed by atoms with Gasteiger partial charge in [-0.1, -0.05) is 6.08 Å². The standard InChI is InChI=1S/C7H9NOS/c9-6-3-1-2-5-7(6)10-4-8-5/h1,3,5,7-8H,2,4H2. The molecule has 2 rings (SSSR count). The number of hydrogen-bond acceptors (Lipinski definition) is 3. The van der Waals surface area contributed by atoms with E-state index in [0.29, 0.717) is 6.04 Å². The second-order valence-electron chi connectivity index (χ2n) is 2.58. The van der Waals surface area contributed by atoms with E-state index in [0.717, 1.165) is 12.3 Å². The fourth-order valence-corrected chi connectivity index (χ4v) is 2.55. The van der Waals surface area contributed by atoms with E-state index in [2.05, 4.69) is 5.32 Å². The Kier molecular flexibility index (Phi) is 1.54. The summed E-state index contributed by atoms with van der Waals surface area (Å²) in [6.07, 6.45) is 4.69. The number of thioether (sulfide) groups is 1. The Balaban J connectivity index is 2.20. The fraction of sp³-hybridized carbons (Fsp3) is 0.571. The molecule has 0 amide bonds. The quantitative estimate of drug-likeness (QED) is 0.554. The molecule has 2 nitrogen and oxygen atoms in total. The first-order valence-corrected chi connectivity index (χ1v) is 4.48. The van der Waals surface area contributed by atoms with Crippen LogP contribution in [0.1, 0.15) is 6.42 Å². The molecule has 1 N–H and O–H groups in total. The second kappa shape index (κ2) is 2.40. The molecule has 3 heteroatoms. The van der Waals surface area contributed by atoms with E-state index in [1.165, 1.54) is 0 Å². The van der Waals surface area contributed by atoms with E-state index in [-0.39, 0.29) is 11.0 Å². The highest BCUT2D eigenvalue weighted by atomic mass is 32.2. The number of rotatable bonds is 0. The Morgan fingerprint density at radius 2 is 2.60 bits per heavy atom. The van der Waals surface area contributed by atoms with Crippen molar-refractivity contribution in [1.29, 1.82) is 0 Å². The third kappa shape index (κ3) is 0.896. The molecule has 0 aromatic heterocycles. The van der Waals surface area contributed by atoms with Gasteiger partial charge in [-0.3, -0.25) is 4.79 Å². The Morgan fingerprint density at radius 3 is 3.40 bits per heavy atom. The number of carbonyl (C=O) groups is 1. The van der Waals surface area contributed by atoms with Crippen LogP contribution in [-0.4, -0.2) is 23.0 Å². The van der Waals surface area contributed by atoms with Crippen molar-refractivity contribution < 1.29 is 4.79 Å². The molecule has 54 valence electrons. The van der Waals surface area contributed by atoms with Crippen LogP contribution in [0.5, 0.6) is 0 Å². The van der Waals surface area contributed by atoms with Gasteiger partial charge in [0.2, 0.25) is 0 Å². The van der Waals surface area contributed by atoms with Gasteiger partial charge >= 0.3 is 0 Å². The van der Waals surface area contributed by atoms with Crippen molar-refractivity contribution in [3.8, 4) is 0 Å². The summed E-state index contributed by atoms with van der Waals surface area (Å²) >= 11 is 1.72. The molecular formula is C7H9NOS. The van der Waals surface area contributed by atoms with Crippen molar-refractivity contribution >= 4 is 17.5 Å². The van der Waals surface area contributed by atoms with E-state index >= 15 is 0 Å². The lowest BCUT2D eigenvalue weighted by atomic mass is 10.0. The molecule has 0 bridgehead atoms. The predicted octanol–water partition coefficient (Wildman–Crippen LogP) is 0.546. The van der Waals surface area contributed by atoms with Gasteiger partial charge in [0.05, 0.1) is 5.25 Å². The number of nitrogens with one attached hydrogen (secondary N) is 1. The molecule has 0 radical (unpaired) electrons. The zero-order valence-electron chi connectivity index (χ0n) is 5.54. The monoisotopic (exact) mass is 155 g/mol. The third-order valence-corrected chi connectivity index (χ3v) is 3.18. The van der Waals surface area contributed by atoms with Gasteiger partial charge in [0.25, 0.3) is 0 Å². The Morgan fingerprint density at radius 1 is 1.70 bits per heavy atom. The molecule has 10 heavy (non-hydrogen) atoms. The molecular weight excluding hydrogens is 146 g/mol. The highest BCUT2D eigenvalue weighted by Crippen LogP contribution is 2.26. The van der Waals surface area contributed by atoms with Gasteiger partial charge in [0.15, 0.2) is 5.78 Å². The van der Waals surface area contributed by atoms with E-state index in [9.17, 15) is 4.79 Å². The van der Waals surface area contributed by atoms with Crippen molar-refractivity contribution in [1.82, 2.24) is 5.32 Å². The van der Waals surface area contributed by atoms with E-state index in [4.69, 9.17) is 0 Å². The van der Waals surface area contributed by atoms with Crippen LogP contribution >= 0.6 is 11.8 Å². The maximum absolute atomic E-state index is 11.1. The minimum atomic E-state index is 0.213. The van der Waals surface area contributed by atoms with Gasteiger partial charge in [-0.15, -0.1) is 11.8 Å². The molecule has 0 spiro atoms. The largest absolute Gasteiger partial charge is 0.303 e. The minimum absolute atomic E-state index is 0.213. The summed E-state index contributed by atoms with van der Waals surface area (Å²) < 4.78 is 0. The normalized spacial score (nSPS) is 38.2. The van der Waals surface area contributed by atoms with Crippen LogP contribution in [0.3, 0.4) is 0 Å². The molecule has 0 aromatic rings. The second-order valence-corrected chi connectivity index (χ2v) is 3.71. The number of ketones is 1. The van der Waals surface area contributed by atoms with E-state index in [1.807, 2.05) is 6.08 Å². The first kappa shape index (κ1) is 6.43. The summed E-state index contributed by atoms with van der Waals surface area (Å²) in [4.78, 5) is 11.1. The molecule has 2 aliphatic rings. The molecule has 1 heterocycles. The van der Waals surface area contributed by atoms with Crippen LogP contribution < -0.4 is 5.32 Å². The van der Waals surface area contributed by atoms with Gasteiger partial charge in [0, 0.05) is 11.9 Å². The van der Waals surface area contributed by atoms with Crippen molar-refractivity contribution in [2.24, 2.45) is 0 Å². The lowest BCUT2D eigenvalue weighted by Gasteiger charge is -2.17. The first-order valence-electron chi connectivity index (χ1n) is 3.43. The highest BCUT2D eigenvalue weighted by Gasteiger charge is 2.33. The van der Waals surface area contributed by atoms with Crippen LogP contribution in [0.25, 0.3) is 0 Å². The number of carbonyl (C=O) groups excluding carboxylic acids is 1. The zero-order chi connectivity index (χ0) is 6.97. The van der Waals surface area contributed by atoms with Gasteiger partial charge < -0.3 is 5.32 Å². The van der Waals surface area contributed by atoms with Crippen LogP contribution in [0.4, 0.5) is 0 Å². The van der Waals surface area contributed by atoms with Crippen molar-refractivity contribution in [3.05, 3.63) is 12.2 Å². The SMILES string of the molecule is O=C1C=CCC2NCSC12.